The number of hydrogen-bond donors (Lipinski definition) is 0. The van der Waals surface area contributed by atoms with Crippen molar-refractivity contribution < 1.29 is 22.1 Å². The van der Waals surface area contributed by atoms with Gasteiger partial charge in [0.2, 0.25) is 0 Å². The standard InChI is InChI=1S/C12H20N2O5S/c13-4-1-8-19-20(15,16)11-7-14-5-2-12(3-6-14)17-9-10-18-12/h1-3,5-11H2. The molecule has 0 amide bonds. The Balaban J connectivity index is 1.69. The van der Waals surface area contributed by atoms with Crippen molar-refractivity contribution in [1.82, 2.24) is 4.90 Å². The predicted molar refractivity (Wildman–Crippen MR) is 70.3 cm³/mol. The van der Waals surface area contributed by atoms with Crippen molar-refractivity contribution in [2.24, 2.45) is 0 Å². The van der Waals surface area contributed by atoms with Crippen LogP contribution in [0.3, 0.4) is 0 Å². The zero-order valence-electron chi connectivity index (χ0n) is 11.4. The number of nitrogens with zero attached hydrogens (tertiary/aromatic N) is 2. The highest BCUT2D eigenvalue weighted by Crippen LogP contribution is 2.31. The molecule has 0 aromatic heterocycles. The molecule has 0 aliphatic carbocycles. The summed E-state index contributed by atoms with van der Waals surface area (Å²) < 4.78 is 39.1. The molecule has 0 unspecified atom stereocenters. The highest BCUT2D eigenvalue weighted by atomic mass is 32.2. The molecule has 0 saturated carbocycles. The monoisotopic (exact) mass is 304 g/mol. The van der Waals surface area contributed by atoms with Crippen molar-refractivity contribution in [3.05, 3.63) is 0 Å². The minimum atomic E-state index is -3.54. The van der Waals surface area contributed by atoms with Gasteiger partial charge in [-0.15, -0.1) is 0 Å². The smallest absolute Gasteiger partial charge is 0.268 e. The van der Waals surface area contributed by atoms with E-state index in [1.54, 1.807) is 0 Å². The fourth-order valence-corrected chi connectivity index (χ4v) is 3.35. The number of hydrogen-bond acceptors (Lipinski definition) is 7. The van der Waals surface area contributed by atoms with Crippen molar-refractivity contribution in [2.75, 3.05) is 45.2 Å². The van der Waals surface area contributed by atoms with E-state index in [1.807, 2.05) is 6.07 Å². The Labute approximate surface area is 119 Å². The highest BCUT2D eigenvalue weighted by Gasteiger charge is 2.39. The molecule has 2 fully saturated rings. The van der Waals surface area contributed by atoms with Gasteiger partial charge < -0.3 is 14.4 Å². The van der Waals surface area contributed by atoms with Crippen molar-refractivity contribution in [2.45, 2.75) is 25.0 Å². The van der Waals surface area contributed by atoms with E-state index in [2.05, 4.69) is 4.90 Å². The summed E-state index contributed by atoms with van der Waals surface area (Å²) in [5.41, 5.74) is 0. The van der Waals surface area contributed by atoms with Gasteiger partial charge in [0, 0.05) is 32.5 Å². The van der Waals surface area contributed by atoms with Gasteiger partial charge >= 0.3 is 0 Å². The third-order valence-corrected chi connectivity index (χ3v) is 4.77. The largest absolute Gasteiger partial charge is 0.347 e. The van der Waals surface area contributed by atoms with Crippen LogP contribution in [0.5, 0.6) is 0 Å². The second kappa shape index (κ2) is 6.83. The molecule has 0 atom stereocenters. The summed E-state index contributed by atoms with van der Waals surface area (Å²) in [4.78, 5) is 2.07. The Kier molecular flexibility index (Phi) is 5.35. The molecule has 0 N–H and O–H groups in total. The lowest BCUT2D eigenvalue weighted by atomic mass is 10.0. The third-order valence-electron chi connectivity index (χ3n) is 3.57. The average Bonchev–Trinajstić information content (AvgIpc) is 2.87. The van der Waals surface area contributed by atoms with Crippen LogP contribution in [-0.2, 0) is 23.8 Å². The average molecular weight is 304 g/mol. The summed E-state index contributed by atoms with van der Waals surface area (Å²) in [7, 11) is -3.54. The lowest BCUT2D eigenvalue weighted by Crippen LogP contribution is -2.46. The van der Waals surface area contributed by atoms with Gasteiger partial charge in [0.15, 0.2) is 5.79 Å². The minimum absolute atomic E-state index is 0.0485. The van der Waals surface area contributed by atoms with E-state index in [1.165, 1.54) is 0 Å². The quantitative estimate of drug-likeness (QED) is 0.507. The molecule has 2 aliphatic heterocycles. The Morgan fingerprint density at radius 3 is 2.50 bits per heavy atom. The predicted octanol–water partition coefficient (Wildman–Crippen LogP) is 0.0854. The molecule has 0 radical (unpaired) electrons. The van der Waals surface area contributed by atoms with Crippen molar-refractivity contribution >= 4 is 10.1 Å². The van der Waals surface area contributed by atoms with Gasteiger partial charge in [-0.2, -0.15) is 13.7 Å². The molecule has 20 heavy (non-hydrogen) atoms. The molecule has 8 heteroatoms. The highest BCUT2D eigenvalue weighted by molar-refractivity contribution is 7.86. The SMILES string of the molecule is N#CCCOS(=O)(=O)CCN1CCC2(CC1)OCCO2. The maximum Gasteiger partial charge on any atom is 0.268 e. The van der Waals surface area contributed by atoms with Crippen LogP contribution < -0.4 is 0 Å². The Hall–Kier alpha value is -0.720. The van der Waals surface area contributed by atoms with Crippen LogP contribution in [0.1, 0.15) is 19.3 Å². The second-order valence-electron chi connectivity index (χ2n) is 4.94. The summed E-state index contributed by atoms with van der Waals surface area (Å²) in [5.74, 6) is -0.480. The normalized spacial score (nSPS) is 22.9. The molecular weight excluding hydrogens is 284 g/mol. The lowest BCUT2D eigenvalue weighted by molar-refractivity contribution is -0.184. The third kappa shape index (κ3) is 4.40. The topological polar surface area (TPSA) is 88.9 Å². The maximum absolute atomic E-state index is 11.6. The first-order valence-corrected chi connectivity index (χ1v) is 8.37. The van der Waals surface area contributed by atoms with Gasteiger partial charge in [-0.25, -0.2) is 0 Å². The van der Waals surface area contributed by atoms with Crippen molar-refractivity contribution in [1.29, 1.82) is 5.26 Å². The molecular formula is C12H20N2O5S. The summed E-state index contributed by atoms with van der Waals surface area (Å²) >= 11 is 0. The fraction of sp³-hybridized carbons (Fsp3) is 0.917. The Bertz CT molecular complexity index is 443. The number of likely N-dealkylation sites (tertiary alicyclic amines) is 1. The molecule has 2 saturated heterocycles. The van der Waals surface area contributed by atoms with Crippen molar-refractivity contribution in [3.8, 4) is 6.07 Å². The van der Waals surface area contributed by atoms with E-state index >= 15 is 0 Å². The van der Waals surface area contributed by atoms with E-state index in [0.29, 0.717) is 19.8 Å². The summed E-state index contributed by atoms with van der Waals surface area (Å²) in [6, 6.07) is 1.85. The summed E-state index contributed by atoms with van der Waals surface area (Å²) in [6.07, 6.45) is 1.62. The molecule has 114 valence electrons. The molecule has 0 aromatic carbocycles. The summed E-state index contributed by atoms with van der Waals surface area (Å²) in [5, 5.41) is 8.34. The molecule has 0 aromatic rings. The van der Waals surface area contributed by atoms with Gasteiger partial charge in [0.25, 0.3) is 10.1 Å². The number of rotatable bonds is 6. The van der Waals surface area contributed by atoms with Crippen LogP contribution in [0, 0.1) is 11.3 Å². The van der Waals surface area contributed by atoms with E-state index < -0.39 is 15.9 Å². The first-order chi connectivity index (χ1) is 9.55. The van der Waals surface area contributed by atoms with Gasteiger partial charge in [-0.1, -0.05) is 0 Å². The second-order valence-corrected chi connectivity index (χ2v) is 6.70. The number of piperidine rings is 1. The molecule has 1 spiro atoms. The minimum Gasteiger partial charge on any atom is -0.347 e. The first kappa shape index (κ1) is 15.7. The summed E-state index contributed by atoms with van der Waals surface area (Å²) in [6.45, 7) is 3.16. The van der Waals surface area contributed by atoms with Gasteiger partial charge in [-0.05, 0) is 0 Å². The van der Waals surface area contributed by atoms with Crippen molar-refractivity contribution in [3.63, 3.8) is 0 Å². The molecule has 0 bridgehead atoms. The fourth-order valence-electron chi connectivity index (χ4n) is 2.42. The van der Waals surface area contributed by atoms with Crippen LogP contribution in [0.2, 0.25) is 0 Å². The molecule has 2 rings (SSSR count). The van der Waals surface area contributed by atoms with E-state index in [9.17, 15) is 8.42 Å². The van der Waals surface area contributed by atoms with Gasteiger partial charge in [0.05, 0.1) is 38.1 Å². The van der Waals surface area contributed by atoms with Gasteiger partial charge in [-0.3, -0.25) is 4.18 Å². The Morgan fingerprint density at radius 1 is 1.25 bits per heavy atom. The van der Waals surface area contributed by atoms with Crippen LogP contribution in [0.25, 0.3) is 0 Å². The van der Waals surface area contributed by atoms with E-state index in [-0.39, 0.29) is 18.8 Å². The number of ether oxygens (including phenoxy) is 2. The van der Waals surface area contributed by atoms with Crippen LogP contribution in [0.15, 0.2) is 0 Å². The Morgan fingerprint density at radius 2 is 1.90 bits per heavy atom. The van der Waals surface area contributed by atoms with E-state index in [4.69, 9.17) is 18.9 Å². The molecule has 2 heterocycles. The molecule has 7 nitrogen and oxygen atoms in total. The number of nitriles is 1. The first-order valence-electron chi connectivity index (χ1n) is 6.80. The van der Waals surface area contributed by atoms with Gasteiger partial charge in [0.1, 0.15) is 0 Å². The lowest BCUT2D eigenvalue weighted by Gasteiger charge is -2.37. The van der Waals surface area contributed by atoms with Crippen LogP contribution >= 0.6 is 0 Å². The van der Waals surface area contributed by atoms with Crippen LogP contribution in [-0.4, -0.2) is 64.3 Å². The maximum atomic E-state index is 11.6. The van der Waals surface area contributed by atoms with E-state index in [0.717, 1.165) is 25.9 Å². The molecule has 2 aliphatic rings. The zero-order valence-corrected chi connectivity index (χ0v) is 12.2. The zero-order chi connectivity index (χ0) is 14.5. The van der Waals surface area contributed by atoms with Crippen LogP contribution in [0.4, 0.5) is 0 Å².